The van der Waals surface area contributed by atoms with E-state index in [4.69, 9.17) is 0 Å². The maximum atomic E-state index is 12.5. The number of amides is 1. The molecule has 0 spiro atoms. The number of aromatic amines is 1. The number of carbonyl (C=O) groups excluding carboxylic acids is 1. The number of hydrogen-bond donors (Lipinski definition) is 3. The van der Waals surface area contributed by atoms with Gasteiger partial charge in [-0.3, -0.25) is 4.79 Å². The van der Waals surface area contributed by atoms with Gasteiger partial charge in [0.05, 0.1) is 4.90 Å². The molecule has 0 aliphatic rings. The van der Waals surface area contributed by atoms with Crippen LogP contribution < -0.4 is 10.0 Å². The normalized spacial score (nSPS) is 12.8. The zero-order valence-electron chi connectivity index (χ0n) is 16.0. The monoisotopic (exact) mass is 399 g/mol. The molecule has 1 heterocycles. The molecule has 3 N–H and O–H groups in total. The van der Waals surface area contributed by atoms with Gasteiger partial charge in [0, 0.05) is 35.2 Å². The first kappa shape index (κ1) is 20.1. The summed E-state index contributed by atoms with van der Waals surface area (Å²) in [7, 11) is -3.64. The average molecular weight is 400 g/mol. The van der Waals surface area contributed by atoms with Crippen molar-refractivity contribution >= 4 is 26.8 Å². The average Bonchev–Trinajstić information content (AvgIpc) is 3.11. The molecule has 1 unspecified atom stereocenters. The Labute approximate surface area is 165 Å². The molecule has 1 amide bonds. The van der Waals surface area contributed by atoms with Gasteiger partial charge >= 0.3 is 0 Å². The fourth-order valence-corrected chi connectivity index (χ4v) is 4.34. The highest BCUT2D eigenvalue weighted by atomic mass is 32.2. The first-order chi connectivity index (χ1) is 13.4. The van der Waals surface area contributed by atoms with Crippen LogP contribution in [0.4, 0.5) is 0 Å². The van der Waals surface area contributed by atoms with E-state index in [9.17, 15) is 13.2 Å². The van der Waals surface area contributed by atoms with Crippen LogP contribution in [0.25, 0.3) is 10.9 Å². The van der Waals surface area contributed by atoms with E-state index in [1.54, 1.807) is 19.1 Å². The predicted octanol–water partition coefficient (Wildman–Crippen LogP) is 3.22. The fraction of sp³-hybridized carbons (Fsp3) is 0.286. The van der Waals surface area contributed by atoms with Crippen LogP contribution in [0.3, 0.4) is 0 Å². The Bertz CT molecular complexity index is 1070. The Kier molecular flexibility index (Phi) is 6.16. The lowest BCUT2D eigenvalue weighted by atomic mass is 10.1. The number of H-pyrrole nitrogens is 1. The smallest absolute Gasteiger partial charge is 0.251 e. The molecular weight excluding hydrogens is 374 g/mol. The summed E-state index contributed by atoms with van der Waals surface area (Å²) in [4.78, 5) is 15.8. The molecular formula is C21H25N3O3S. The molecule has 0 aliphatic carbocycles. The van der Waals surface area contributed by atoms with E-state index >= 15 is 0 Å². The first-order valence-corrected chi connectivity index (χ1v) is 10.8. The number of fused-ring (bicyclic) bond motifs is 1. The molecule has 1 aromatic heterocycles. The Hall–Kier alpha value is -2.64. The zero-order chi connectivity index (χ0) is 20.1. The van der Waals surface area contributed by atoms with Gasteiger partial charge in [-0.2, -0.15) is 0 Å². The van der Waals surface area contributed by atoms with Gasteiger partial charge in [-0.1, -0.05) is 31.2 Å². The van der Waals surface area contributed by atoms with Crippen LogP contribution >= 0.6 is 0 Å². The van der Waals surface area contributed by atoms with Crippen LogP contribution in [0.15, 0.2) is 59.6 Å². The van der Waals surface area contributed by atoms with Gasteiger partial charge in [0.15, 0.2) is 0 Å². The SMILES string of the molecule is CCC(C)NS(=O)(=O)c1cccc(C(=O)NCCc2c[nH]c3ccccc23)c1. The van der Waals surface area contributed by atoms with Gasteiger partial charge < -0.3 is 10.3 Å². The molecule has 6 nitrogen and oxygen atoms in total. The number of rotatable bonds is 8. The highest BCUT2D eigenvalue weighted by Crippen LogP contribution is 2.18. The predicted molar refractivity (Wildman–Crippen MR) is 111 cm³/mol. The van der Waals surface area contributed by atoms with Crippen LogP contribution in [0.2, 0.25) is 0 Å². The lowest BCUT2D eigenvalue weighted by Gasteiger charge is -2.13. The summed E-state index contributed by atoms with van der Waals surface area (Å²) in [6.07, 6.45) is 3.32. The van der Waals surface area contributed by atoms with E-state index in [-0.39, 0.29) is 16.8 Å². The van der Waals surface area contributed by atoms with Gasteiger partial charge in [0.2, 0.25) is 10.0 Å². The van der Waals surface area contributed by atoms with Crippen molar-refractivity contribution in [2.24, 2.45) is 0 Å². The lowest BCUT2D eigenvalue weighted by molar-refractivity contribution is 0.0954. The van der Waals surface area contributed by atoms with Crippen molar-refractivity contribution in [2.45, 2.75) is 37.6 Å². The van der Waals surface area contributed by atoms with Gasteiger partial charge in [-0.25, -0.2) is 13.1 Å². The summed E-state index contributed by atoms with van der Waals surface area (Å²) >= 11 is 0. The molecule has 0 saturated carbocycles. The van der Waals surface area contributed by atoms with Crippen molar-refractivity contribution in [1.29, 1.82) is 0 Å². The second-order valence-electron chi connectivity index (χ2n) is 6.82. The molecule has 0 aliphatic heterocycles. The minimum atomic E-state index is -3.64. The van der Waals surface area contributed by atoms with Crippen LogP contribution in [0.1, 0.15) is 36.2 Å². The minimum Gasteiger partial charge on any atom is -0.361 e. The van der Waals surface area contributed by atoms with E-state index in [0.29, 0.717) is 24.9 Å². The van der Waals surface area contributed by atoms with Crippen LogP contribution in [0, 0.1) is 0 Å². The van der Waals surface area contributed by atoms with E-state index in [1.165, 1.54) is 12.1 Å². The van der Waals surface area contributed by atoms with E-state index in [1.807, 2.05) is 37.4 Å². The van der Waals surface area contributed by atoms with Crippen molar-refractivity contribution in [3.63, 3.8) is 0 Å². The molecule has 3 rings (SSSR count). The molecule has 0 fully saturated rings. The largest absolute Gasteiger partial charge is 0.361 e. The fourth-order valence-electron chi connectivity index (χ4n) is 2.97. The van der Waals surface area contributed by atoms with E-state index in [0.717, 1.165) is 16.5 Å². The highest BCUT2D eigenvalue weighted by molar-refractivity contribution is 7.89. The maximum Gasteiger partial charge on any atom is 0.251 e. The van der Waals surface area contributed by atoms with Gasteiger partial charge in [0.1, 0.15) is 0 Å². The van der Waals surface area contributed by atoms with Crippen molar-refractivity contribution < 1.29 is 13.2 Å². The van der Waals surface area contributed by atoms with Gasteiger partial charge in [-0.15, -0.1) is 0 Å². The van der Waals surface area contributed by atoms with Gasteiger partial charge in [-0.05, 0) is 49.6 Å². The molecule has 2 aromatic carbocycles. The lowest BCUT2D eigenvalue weighted by Crippen LogP contribution is -2.32. The molecule has 0 bridgehead atoms. The van der Waals surface area contributed by atoms with E-state index in [2.05, 4.69) is 15.0 Å². The quantitative estimate of drug-likeness (QED) is 0.543. The van der Waals surface area contributed by atoms with Crippen LogP contribution in [0.5, 0.6) is 0 Å². The highest BCUT2D eigenvalue weighted by Gasteiger charge is 2.18. The van der Waals surface area contributed by atoms with Crippen LogP contribution in [-0.4, -0.2) is 31.9 Å². The van der Waals surface area contributed by atoms with Crippen molar-refractivity contribution in [1.82, 2.24) is 15.0 Å². The molecule has 0 saturated heterocycles. The second-order valence-corrected chi connectivity index (χ2v) is 8.54. The molecule has 3 aromatic rings. The third-order valence-corrected chi connectivity index (χ3v) is 6.32. The summed E-state index contributed by atoms with van der Waals surface area (Å²) in [6, 6.07) is 13.9. The number of carbonyl (C=O) groups is 1. The van der Waals surface area contributed by atoms with Crippen LogP contribution in [-0.2, 0) is 16.4 Å². The number of nitrogens with one attached hydrogen (secondary N) is 3. The summed E-state index contributed by atoms with van der Waals surface area (Å²) < 4.78 is 27.5. The Morgan fingerprint density at radius 2 is 1.93 bits per heavy atom. The van der Waals surface area contributed by atoms with Crippen molar-refractivity contribution in [2.75, 3.05) is 6.54 Å². The maximum absolute atomic E-state index is 12.5. The van der Waals surface area contributed by atoms with Crippen molar-refractivity contribution in [3.05, 3.63) is 65.9 Å². The molecule has 28 heavy (non-hydrogen) atoms. The molecule has 1 atom stereocenters. The summed E-state index contributed by atoms with van der Waals surface area (Å²) in [6.45, 7) is 4.17. The standard InChI is InChI=1S/C21H25N3O3S/c1-3-15(2)24-28(26,27)18-8-6-7-16(13-18)21(25)22-12-11-17-14-23-20-10-5-4-9-19(17)20/h4-10,13-15,23-24H,3,11-12H2,1-2H3,(H,22,25). The zero-order valence-corrected chi connectivity index (χ0v) is 16.8. The number of para-hydroxylation sites is 1. The third-order valence-electron chi connectivity index (χ3n) is 4.73. The Morgan fingerprint density at radius 3 is 2.71 bits per heavy atom. The Balaban J connectivity index is 1.65. The number of aromatic nitrogens is 1. The van der Waals surface area contributed by atoms with Gasteiger partial charge in [0.25, 0.3) is 5.91 Å². The number of hydrogen-bond acceptors (Lipinski definition) is 3. The summed E-state index contributed by atoms with van der Waals surface area (Å²) in [5.41, 5.74) is 2.52. The molecule has 7 heteroatoms. The topological polar surface area (TPSA) is 91.1 Å². The van der Waals surface area contributed by atoms with E-state index < -0.39 is 10.0 Å². The minimum absolute atomic E-state index is 0.0945. The Morgan fingerprint density at radius 1 is 1.14 bits per heavy atom. The summed E-state index contributed by atoms with van der Waals surface area (Å²) in [5.74, 6) is -0.291. The first-order valence-electron chi connectivity index (χ1n) is 9.36. The van der Waals surface area contributed by atoms with Crippen molar-refractivity contribution in [3.8, 4) is 0 Å². The third kappa shape index (κ3) is 4.61. The molecule has 0 radical (unpaired) electrons. The second kappa shape index (κ2) is 8.58. The number of benzene rings is 2. The molecule has 148 valence electrons. The number of sulfonamides is 1. The summed E-state index contributed by atoms with van der Waals surface area (Å²) in [5, 5.41) is 4.00.